The number of nitrogen functional groups attached to an aromatic ring is 1. The molecule has 18 heavy (non-hydrogen) atoms. The normalized spacial score (nSPS) is 10.9. The topological polar surface area (TPSA) is 77.8 Å². The van der Waals surface area contributed by atoms with Crippen LogP contribution < -0.4 is 5.73 Å². The fourth-order valence-electron chi connectivity index (χ4n) is 1.54. The number of hydrogen-bond donors (Lipinski definition) is 1. The van der Waals surface area contributed by atoms with Crippen molar-refractivity contribution in [3.63, 3.8) is 0 Å². The highest BCUT2D eigenvalue weighted by Gasteiger charge is 2.08. The van der Waals surface area contributed by atoms with Crippen LogP contribution in [0.1, 0.15) is 5.69 Å². The van der Waals surface area contributed by atoms with Gasteiger partial charge in [-0.05, 0) is 43.0 Å². The van der Waals surface area contributed by atoms with Gasteiger partial charge in [-0.25, -0.2) is 15.0 Å². The Hall–Kier alpha value is -2.08. The van der Waals surface area contributed by atoms with Gasteiger partial charge in [-0.15, -0.1) is 0 Å². The molecule has 0 bridgehead atoms. The SMILES string of the molecule is Cc1cc(Sc2nc3cc(N)ccc3o2)ncn1. The van der Waals surface area contributed by atoms with Crippen LogP contribution in [0.25, 0.3) is 11.1 Å². The molecule has 3 rings (SSSR count). The maximum atomic E-state index is 5.70. The van der Waals surface area contributed by atoms with E-state index in [0.717, 1.165) is 21.8 Å². The summed E-state index contributed by atoms with van der Waals surface area (Å²) in [4.78, 5) is 12.5. The lowest BCUT2D eigenvalue weighted by molar-refractivity contribution is 0.489. The molecule has 6 heteroatoms. The third-order valence-electron chi connectivity index (χ3n) is 2.36. The molecular weight excluding hydrogens is 248 g/mol. The van der Waals surface area contributed by atoms with Crippen LogP contribution in [0.15, 0.2) is 45.3 Å². The van der Waals surface area contributed by atoms with Crippen LogP contribution in [0, 0.1) is 6.92 Å². The molecule has 0 radical (unpaired) electrons. The summed E-state index contributed by atoms with van der Waals surface area (Å²) in [6.07, 6.45) is 1.53. The van der Waals surface area contributed by atoms with E-state index in [1.807, 2.05) is 19.1 Å². The van der Waals surface area contributed by atoms with Gasteiger partial charge in [0.1, 0.15) is 16.9 Å². The third-order valence-corrected chi connectivity index (χ3v) is 3.14. The lowest BCUT2D eigenvalue weighted by Crippen LogP contribution is -1.85. The van der Waals surface area contributed by atoms with Crippen LogP contribution in [-0.4, -0.2) is 15.0 Å². The Balaban J connectivity index is 1.95. The molecule has 2 N–H and O–H groups in total. The monoisotopic (exact) mass is 258 g/mol. The van der Waals surface area contributed by atoms with Gasteiger partial charge in [0.05, 0.1) is 0 Å². The molecule has 0 amide bonds. The molecule has 5 nitrogen and oxygen atoms in total. The lowest BCUT2D eigenvalue weighted by atomic mass is 10.3. The Bertz CT molecular complexity index is 710. The summed E-state index contributed by atoms with van der Waals surface area (Å²) in [5, 5.41) is 1.36. The van der Waals surface area contributed by atoms with Gasteiger partial charge in [0.25, 0.3) is 5.22 Å². The molecular formula is C12H10N4OS. The lowest BCUT2D eigenvalue weighted by Gasteiger charge is -1.95. The van der Waals surface area contributed by atoms with E-state index in [4.69, 9.17) is 10.2 Å². The van der Waals surface area contributed by atoms with Gasteiger partial charge >= 0.3 is 0 Å². The van der Waals surface area contributed by atoms with Crippen molar-refractivity contribution >= 4 is 28.5 Å². The highest BCUT2D eigenvalue weighted by atomic mass is 32.2. The largest absolute Gasteiger partial charge is 0.431 e. The molecule has 3 aromatic rings. The molecule has 0 saturated heterocycles. The van der Waals surface area contributed by atoms with E-state index in [2.05, 4.69) is 15.0 Å². The number of aryl methyl sites for hydroxylation is 1. The fourth-order valence-corrected chi connectivity index (χ4v) is 2.33. The summed E-state index contributed by atoms with van der Waals surface area (Å²) in [6.45, 7) is 1.92. The van der Waals surface area contributed by atoms with Crippen molar-refractivity contribution < 1.29 is 4.42 Å². The summed E-state index contributed by atoms with van der Waals surface area (Å²) >= 11 is 1.36. The van der Waals surface area contributed by atoms with Gasteiger partial charge in [0.2, 0.25) is 0 Å². The zero-order valence-electron chi connectivity index (χ0n) is 9.62. The van der Waals surface area contributed by atoms with Crippen molar-refractivity contribution in [2.24, 2.45) is 0 Å². The van der Waals surface area contributed by atoms with E-state index in [0.29, 0.717) is 10.9 Å². The first-order chi connectivity index (χ1) is 8.70. The summed E-state index contributed by atoms with van der Waals surface area (Å²) in [7, 11) is 0. The standard InChI is InChI=1S/C12H10N4OS/c1-7-4-11(15-6-14-7)18-12-16-9-5-8(13)2-3-10(9)17-12/h2-6H,13H2,1H3. The number of nitrogens with two attached hydrogens (primary N) is 1. The van der Waals surface area contributed by atoms with Crippen LogP contribution >= 0.6 is 11.8 Å². The third kappa shape index (κ3) is 2.14. The number of hydrogen-bond acceptors (Lipinski definition) is 6. The molecule has 2 aromatic heterocycles. The summed E-state index contributed by atoms with van der Waals surface area (Å²) in [6, 6.07) is 7.27. The van der Waals surface area contributed by atoms with Crippen molar-refractivity contribution in [2.75, 3.05) is 5.73 Å². The summed E-state index contributed by atoms with van der Waals surface area (Å²) in [5.74, 6) is 0. The molecule has 0 saturated carbocycles. The molecule has 2 heterocycles. The molecule has 1 aromatic carbocycles. The molecule has 0 aliphatic heterocycles. The molecule has 0 unspecified atom stereocenters. The number of benzene rings is 1. The number of rotatable bonds is 2. The maximum absolute atomic E-state index is 5.70. The van der Waals surface area contributed by atoms with Crippen molar-refractivity contribution in [1.29, 1.82) is 0 Å². The number of aromatic nitrogens is 3. The zero-order chi connectivity index (χ0) is 12.5. The summed E-state index contributed by atoms with van der Waals surface area (Å²) in [5.41, 5.74) is 8.75. The quantitative estimate of drug-likeness (QED) is 0.562. The van der Waals surface area contributed by atoms with Crippen LogP contribution in [0.5, 0.6) is 0 Å². The first-order valence-corrected chi connectivity index (χ1v) is 6.15. The summed E-state index contributed by atoms with van der Waals surface area (Å²) < 4.78 is 5.60. The Labute approximate surface area is 107 Å². The second-order valence-corrected chi connectivity index (χ2v) is 4.78. The van der Waals surface area contributed by atoms with Gasteiger partial charge in [0, 0.05) is 11.4 Å². The van der Waals surface area contributed by atoms with Crippen LogP contribution in [-0.2, 0) is 0 Å². The average molecular weight is 258 g/mol. The minimum absolute atomic E-state index is 0.550. The first-order valence-electron chi connectivity index (χ1n) is 5.33. The van der Waals surface area contributed by atoms with Crippen molar-refractivity contribution in [3.05, 3.63) is 36.3 Å². The molecule has 0 fully saturated rings. The highest BCUT2D eigenvalue weighted by Crippen LogP contribution is 2.29. The van der Waals surface area contributed by atoms with Gasteiger partial charge in [-0.3, -0.25) is 0 Å². The molecule has 0 aliphatic carbocycles. The molecule has 90 valence electrons. The predicted molar refractivity (Wildman–Crippen MR) is 69.3 cm³/mol. The van der Waals surface area contributed by atoms with Crippen molar-refractivity contribution in [1.82, 2.24) is 15.0 Å². The molecule has 0 spiro atoms. The van der Waals surface area contributed by atoms with Crippen LogP contribution in [0.3, 0.4) is 0 Å². The minimum Gasteiger partial charge on any atom is -0.431 e. The first kappa shape index (κ1) is 11.0. The van der Waals surface area contributed by atoms with E-state index < -0.39 is 0 Å². The van der Waals surface area contributed by atoms with E-state index in [9.17, 15) is 0 Å². The Morgan fingerprint density at radius 2 is 2.11 bits per heavy atom. The highest BCUT2D eigenvalue weighted by molar-refractivity contribution is 7.99. The van der Waals surface area contributed by atoms with Crippen molar-refractivity contribution in [3.8, 4) is 0 Å². The van der Waals surface area contributed by atoms with E-state index in [-0.39, 0.29) is 0 Å². The molecule has 0 atom stereocenters. The fraction of sp³-hybridized carbons (Fsp3) is 0.0833. The number of fused-ring (bicyclic) bond motifs is 1. The van der Waals surface area contributed by atoms with E-state index in [1.54, 1.807) is 12.1 Å². The Morgan fingerprint density at radius 1 is 1.22 bits per heavy atom. The molecule has 0 aliphatic rings. The van der Waals surface area contributed by atoms with Gasteiger partial charge in [-0.2, -0.15) is 0 Å². The smallest absolute Gasteiger partial charge is 0.263 e. The van der Waals surface area contributed by atoms with Gasteiger partial charge in [0.15, 0.2) is 5.58 Å². The van der Waals surface area contributed by atoms with E-state index >= 15 is 0 Å². The average Bonchev–Trinajstić information content (AvgIpc) is 2.70. The maximum Gasteiger partial charge on any atom is 0.263 e. The minimum atomic E-state index is 0.550. The number of anilines is 1. The predicted octanol–water partition coefficient (Wildman–Crippen LogP) is 2.66. The Morgan fingerprint density at radius 3 is 2.94 bits per heavy atom. The number of oxazole rings is 1. The van der Waals surface area contributed by atoms with Crippen LogP contribution in [0.4, 0.5) is 5.69 Å². The Kier molecular flexibility index (Phi) is 2.64. The second-order valence-electron chi connectivity index (χ2n) is 3.81. The van der Waals surface area contributed by atoms with Gasteiger partial charge in [-0.1, -0.05) is 0 Å². The van der Waals surface area contributed by atoms with Crippen LogP contribution in [0.2, 0.25) is 0 Å². The zero-order valence-corrected chi connectivity index (χ0v) is 10.4. The van der Waals surface area contributed by atoms with E-state index in [1.165, 1.54) is 18.1 Å². The number of nitrogens with zero attached hydrogens (tertiary/aromatic N) is 3. The van der Waals surface area contributed by atoms with Crippen molar-refractivity contribution in [2.45, 2.75) is 17.2 Å². The van der Waals surface area contributed by atoms with Gasteiger partial charge < -0.3 is 10.2 Å². The second kappa shape index (κ2) is 4.30.